The van der Waals surface area contributed by atoms with Crippen LogP contribution in [0.15, 0.2) is 0 Å². The number of carboxylic acids is 1. The van der Waals surface area contributed by atoms with Crippen LogP contribution in [0.3, 0.4) is 0 Å². The molecule has 1 aliphatic carbocycles. The molecule has 0 aromatic rings. The number of Topliss-reactive ketones (excluding diaryl/α,β-unsaturated/α-hetero) is 1. The highest BCUT2D eigenvalue weighted by atomic mass is 16.4. The van der Waals surface area contributed by atoms with Gasteiger partial charge in [-0.15, -0.1) is 0 Å². The van der Waals surface area contributed by atoms with Crippen molar-refractivity contribution in [2.45, 2.75) is 58.0 Å². The summed E-state index contributed by atoms with van der Waals surface area (Å²) in [4.78, 5) is 34.5. The Kier molecular flexibility index (Phi) is 6.13. The van der Waals surface area contributed by atoms with Gasteiger partial charge in [-0.05, 0) is 31.6 Å². The highest BCUT2D eigenvalue weighted by molar-refractivity contribution is 5.93. The molecule has 0 unspecified atom stereocenters. The van der Waals surface area contributed by atoms with Crippen molar-refractivity contribution in [1.82, 2.24) is 5.32 Å². The summed E-state index contributed by atoms with van der Waals surface area (Å²) in [7, 11) is 0. The number of hydrogen-bond donors (Lipinski definition) is 3. The summed E-state index contributed by atoms with van der Waals surface area (Å²) in [5.74, 6) is -0.975. The number of nitrogens with two attached hydrogens (primary N) is 1. The molecular weight excluding hydrogens is 260 g/mol. The van der Waals surface area contributed by atoms with E-state index in [2.05, 4.69) is 5.32 Å². The second-order valence-electron chi connectivity index (χ2n) is 5.91. The van der Waals surface area contributed by atoms with Crippen molar-refractivity contribution < 1.29 is 19.5 Å². The Morgan fingerprint density at radius 3 is 2.35 bits per heavy atom. The Morgan fingerprint density at radius 2 is 1.90 bits per heavy atom. The molecule has 4 N–H and O–H groups in total. The van der Waals surface area contributed by atoms with E-state index in [4.69, 9.17) is 10.8 Å². The molecule has 0 bridgehead atoms. The molecule has 0 aliphatic heterocycles. The number of carboxylic acid groups (broad SMARTS) is 1. The van der Waals surface area contributed by atoms with E-state index in [1.54, 1.807) is 0 Å². The lowest BCUT2D eigenvalue weighted by Crippen LogP contribution is -2.49. The second-order valence-corrected chi connectivity index (χ2v) is 5.91. The van der Waals surface area contributed by atoms with Crippen LogP contribution in [-0.2, 0) is 14.4 Å². The Hall–Kier alpha value is -1.43. The quantitative estimate of drug-likeness (QED) is 0.577. The van der Waals surface area contributed by atoms with Gasteiger partial charge in [0.25, 0.3) is 0 Å². The molecule has 0 radical (unpaired) electrons. The SMILES string of the molecule is CC(C)C[C@H](NC(=O)[C@@H](N)CCC(=O)O)C(=O)C1CC1. The van der Waals surface area contributed by atoms with Crippen molar-refractivity contribution in [3.05, 3.63) is 0 Å². The minimum atomic E-state index is -0.985. The molecule has 6 nitrogen and oxygen atoms in total. The molecular formula is C14H24N2O4. The van der Waals surface area contributed by atoms with Gasteiger partial charge in [0.2, 0.25) is 5.91 Å². The summed E-state index contributed by atoms with van der Waals surface area (Å²) < 4.78 is 0. The normalized spacial score (nSPS) is 17.6. The lowest BCUT2D eigenvalue weighted by Gasteiger charge is -2.21. The standard InChI is InChI=1S/C14H24N2O4/c1-8(2)7-11(13(19)9-3-4-9)16-14(20)10(15)5-6-12(17)18/h8-11H,3-7,15H2,1-2H3,(H,16,20)(H,17,18)/t10-,11-/m0/s1. The number of nitrogens with one attached hydrogen (secondary N) is 1. The van der Waals surface area contributed by atoms with Crippen molar-refractivity contribution in [1.29, 1.82) is 0 Å². The number of rotatable bonds is 9. The van der Waals surface area contributed by atoms with E-state index in [1.807, 2.05) is 13.8 Å². The molecule has 114 valence electrons. The summed E-state index contributed by atoms with van der Waals surface area (Å²) in [5.41, 5.74) is 5.65. The van der Waals surface area contributed by atoms with Gasteiger partial charge in [-0.3, -0.25) is 14.4 Å². The van der Waals surface area contributed by atoms with E-state index in [-0.39, 0.29) is 24.5 Å². The van der Waals surface area contributed by atoms with Crippen LogP contribution in [0.2, 0.25) is 0 Å². The molecule has 1 rings (SSSR count). The van der Waals surface area contributed by atoms with Crippen molar-refractivity contribution in [3.8, 4) is 0 Å². The van der Waals surface area contributed by atoms with Crippen LogP contribution in [0, 0.1) is 11.8 Å². The molecule has 6 heteroatoms. The molecule has 0 spiro atoms. The highest BCUT2D eigenvalue weighted by Gasteiger charge is 2.36. The molecule has 2 atom stereocenters. The number of hydrogen-bond acceptors (Lipinski definition) is 4. The van der Waals surface area contributed by atoms with Crippen LogP contribution in [0.5, 0.6) is 0 Å². The molecule has 0 saturated heterocycles. The zero-order valence-electron chi connectivity index (χ0n) is 12.1. The molecule has 20 heavy (non-hydrogen) atoms. The predicted octanol–water partition coefficient (Wildman–Crippen LogP) is 0.688. The lowest BCUT2D eigenvalue weighted by atomic mass is 9.97. The number of amides is 1. The van der Waals surface area contributed by atoms with Crippen LogP contribution in [-0.4, -0.2) is 34.8 Å². The maximum atomic E-state index is 12.1. The molecule has 0 aromatic carbocycles. The smallest absolute Gasteiger partial charge is 0.303 e. The summed E-state index contributed by atoms with van der Waals surface area (Å²) >= 11 is 0. The monoisotopic (exact) mass is 284 g/mol. The third-order valence-corrected chi connectivity index (χ3v) is 3.35. The summed E-state index contributed by atoms with van der Waals surface area (Å²) in [6.07, 6.45) is 2.31. The van der Waals surface area contributed by atoms with Crippen molar-refractivity contribution in [2.24, 2.45) is 17.6 Å². The number of carbonyl (C=O) groups excluding carboxylic acids is 2. The first-order valence-corrected chi connectivity index (χ1v) is 7.12. The van der Waals surface area contributed by atoms with Gasteiger partial charge in [0.15, 0.2) is 5.78 Å². The maximum Gasteiger partial charge on any atom is 0.303 e. The summed E-state index contributed by atoms with van der Waals surface area (Å²) in [5, 5.41) is 11.3. The molecule has 0 aromatic heterocycles. The third-order valence-electron chi connectivity index (χ3n) is 3.35. The summed E-state index contributed by atoms with van der Waals surface area (Å²) in [6.45, 7) is 3.98. The highest BCUT2D eigenvalue weighted by Crippen LogP contribution is 2.32. The zero-order chi connectivity index (χ0) is 15.3. The Labute approximate surface area is 119 Å². The van der Waals surface area contributed by atoms with Gasteiger partial charge >= 0.3 is 5.97 Å². The van der Waals surface area contributed by atoms with E-state index >= 15 is 0 Å². The predicted molar refractivity (Wildman–Crippen MR) is 74.0 cm³/mol. The summed E-state index contributed by atoms with van der Waals surface area (Å²) in [6, 6.07) is -1.38. The van der Waals surface area contributed by atoms with Crippen LogP contribution in [0.25, 0.3) is 0 Å². The number of ketones is 1. The molecule has 1 aliphatic rings. The first-order chi connectivity index (χ1) is 9.31. The van der Waals surface area contributed by atoms with E-state index in [0.717, 1.165) is 12.8 Å². The molecule has 0 heterocycles. The van der Waals surface area contributed by atoms with E-state index in [1.165, 1.54) is 0 Å². The minimum absolute atomic E-state index is 0.0766. The largest absolute Gasteiger partial charge is 0.481 e. The van der Waals surface area contributed by atoms with Crippen molar-refractivity contribution >= 4 is 17.7 Å². The first kappa shape index (κ1) is 16.6. The van der Waals surface area contributed by atoms with Crippen LogP contribution < -0.4 is 11.1 Å². The van der Waals surface area contributed by atoms with E-state index in [0.29, 0.717) is 12.3 Å². The maximum absolute atomic E-state index is 12.1. The molecule has 1 saturated carbocycles. The van der Waals surface area contributed by atoms with E-state index < -0.39 is 24.0 Å². The number of aliphatic carboxylic acids is 1. The fourth-order valence-corrected chi connectivity index (χ4v) is 2.06. The van der Waals surface area contributed by atoms with Crippen LogP contribution in [0.4, 0.5) is 0 Å². The zero-order valence-corrected chi connectivity index (χ0v) is 12.1. The van der Waals surface area contributed by atoms with Crippen molar-refractivity contribution in [3.63, 3.8) is 0 Å². The average molecular weight is 284 g/mol. The molecule has 1 fully saturated rings. The Bertz CT molecular complexity index is 377. The van der Waals surface area contributed by atoms with Crippen LogP contribution >= 0.6 is 0 Å². The topological polar surface area (TPSA) is 109 Å². The fourth-order valence-electron chi connectivity index (χ4n) is 2.06. The second kappa shape index (κ2) is 7.38. The number of carbonyl (C=O) groups is 3. The Morgan fingerprint density at radius 1 is 1.30 bits per heavy atom. The van der Waals surface area contributed by atoms with Gasteiger partial charge in [-0.2, -0.15) is 0 Å². The van der Waals surface area contributed by atoms with Gasteiger partial charge in [0, 0.05) is 12.3 Å². The van der Waals surface area contributed by atoms with Gasteiger partial charge in [-0.25, -0.2) is 0 Å². The first-order valence-electron chi connectivity index (χ1n) is 7.12. The van der Waals surface area contributed by atoms with Gasteiger partial charge in [0.05, 0.1) is 12.1 Å². The fraction of sp³-hybridized carbons (Fsp3) is 0.786. The minimum Gasteiger partial charge on any atom is -0.481 e. The van der Waals surface area contributed by atoms with Crippen LogP contribution in [0.1, 0.15) is 46.0 Å². The average Bonchev–Trinajstić information content (AvgIpc) is 3.17. The Balaban J connectivity index is 2.52. The molecule has 1 amide bonds. The van der Waals surface area contributed by atoms with Gasteiger partial charge < -0.3 is 16.2 Å². The van der Waals surface area contributed by atoms with Crippen molar-refractivity contribution in [2.75, 3.05) is 0 Å². The van der Waals surface area contributed by atoms with Gasteiger partial charge in [0.1, 0.15) is 0 Å². The van der Waals surface area contributed by atoms with E-state index in [9.17, 15) is 14.4 Å². The third kappa shape index (κ3) is 5.69. The lowest BCUT2D eigenvalue weighted by molar-refractivity contribution is -0.137. The van der Waals surface area contributed by atoms with Gasteiger partial charge in [-0.1, -0.05) is 13.8 Å².